The molecular formula is C13H25N3O2. The van der Waals surface area contributed by atoms with Crippen molar-refractivity contribution in [1.29, 1.82) is 0 Å². The zero-order valence-corrected chi connectivity index (χ0v) is 11.7. The fraction of sp³-hybridized carbons (Fsp3) is 0.923. The SMILES string of the molecule is COC(=O)N1CCC(N2CCNCC2)C(C)(C)C1. The Labute approximate surface area is 109 Å². The molecule has 5 heteroatoms. The van der Waals surface area contributed by atoms with E-state index >= 15 is 0 Å². The van der Waals surface area contributed by atoms with E-state index in [2.05, 4.69) is 24.1 Å². The predicted octanol–water partition coefficient (Wildman–Crippen LogP) is 0.759. The van der Waals surface area contributed by atoms with E-state index in [1.54, 1.807) is 0 Å². The molecule has 2 fully saturated rings. The van der Waals surface area contributed by atoms with Gasteiger partial charge in [-0.1, -0.05) is 13.8 Å². The van der Waals surface area contributed by atoms with E-state index in [1.807, 2.05) is 4.90 Å². The number of carbonyl (C=O) groups excluding carboxylic acids is 1. The van der Waals surface area contributed by atoms with Gasteiger partial charge in [0.05, 0.1) is 7.11 Å². The molecule has 0 spiro atoms. The zero-order chi connectivity index (χ0) is 13.2. The highest BCUT2D eigenvalue weighted by Gasteiger charge is 2.40. The fourth-order valence-electron chi connectivity index (χ4n) is 3.30. The Morgan fingerprint density at radius 2 is 1.94 bits per heavy atom. The summed E-state index contributed by atoms with van der Waals surface area (Å²) >= 11 is 0. The van der Waals surface area contributed by atoms with Crippen LogP contribution in [0.5, 0.6) is 0 Å². The van der Waals surface area contributed by atoms with Gasteiger partial charge in [0.25, 0.3) is 0 Å². The maximum atomic E-state index is 11.6. The summed E-state index contributed by atoms with van der Waals surface area (Å²) in [7, 11) is 1.46. The van der Waals surface area contributed by atoms with Crippen LogP contribution >= 0.6 is 0 Å². The summed E-state index contributed by atoms with van der Waals surface area (Å²) in [6, 6.07) is 0.570. The van der Waals surface area contributed by atoms with Crippen molar-refractivity contribution < 1.29 is 9.53 Å². The molecule has 0 aromatic rings. The Morgan fingerprint density at radius 1 is 1.28 bits per heavy atom. The normalized spacial score (nSPS) is 29.1. The average molecular weight is 255 g/mol. The summed E-state index contributed by atoms with van der Waals surface area (Å²) in [5, 5.41) is 3.39. The lowest BCUT2D eigenvalue weighted by molar-refractivity contribution is 0.00198. The Morgan fingerprint density at radius 3 is 2.50 bits per heavy atom. The molecule has 5 nitrogen and oxygen atoms in total. The van der Waals surface area contributed by atoms with Gasteiger partial charge in [0.15, 0.2) is 0 Å². The number of hydrogen-bond acceptors (Lipinski definition) is 4. The molecule has 1 atom stereocenters. The van der Waals surface area contributed by atoms with E-state index in [9.17, 15) is 4.79 Å². The van der Waals surface area contributed by atoms with Crippen molar-refractivity contribution in [3.63, 3.8) is 0 Å². The maximum absolute atomic E-state index is 11.6. The molecule has 1 unspecified atom stereocenters. The van der Waals surface area contributed by atoms with Gasteiger partial charge in [-0.3, -0.25) is 4.90 Å². The van der Waals surface area contributed by atoms with E-state index in [-0.39, 0.29) is 11.5 Å². The smallest absolute Gasteiger partial charge is 0.409 e. The molecule has 104 valence electrons. The first kappa shape index (κ1) is 13.6. The fourth-order valence-corrected chi connectivity index (χ4v) is 3.30. The Hall–Kier alpha value is -0.810. The van der Waals surface area contributed by atoms with E-state index < -0.39 is 0 Å². The standard InChI is InChI=1S/C13H25N3O2/c1-13(2)10-16(12(17)18-3)7-4-11(13)15-8-5-14-6-9-15/h11,14H,4-10H2,1-3H3. The lowest BCUT2D eigenvalue weighted by Crippen LogP contribution is -2.60. The van der Waals surface area contributed by atoms with Crippen LogP contribution in [0.4, 0.5) is 4.79 Å². The highest BCUT2D eigenvalue weighted by Crippen LogP contribution is 2.33. The summed E-state index contributed by atoms with van der Waals surface area (Å²) in [5.74, 6) is 0. The number of hydrogen-bond donors (Lipinski definition) is 1. The summed E-state index contributed by atoms with van der Waals surface area (Å²) in [6.45, 7) is 10.5. The third kappa shape index (κ3) is 2.78. The largest absolute Gasteiger partial charge is 0.453 e. The predicted molar refractivity (Wildman–Crippen MR) is 70.6 cm³/mol. The molecule has 0 saturated carbocycles. The lowest BCUT2D eigenvalue weighted by atomic mass is 9.78. The third-order valence-electron chi connectivity index (χ3n) is 4.20. The quantitative estimate of drug-likeness (QED) is 0.751. The molecule has 0 aromatic heterocycles. The number of piperazine rings is 1. The molecule has 1 N–H and O–H groups in total. The second kappa shape index (κ2) is 5.45. The van der Waals surface area contributed by atoms with Gasteiger partial charge in [0.1, 0.15) is 0 Å². The molecule has 2 aliphatic heterocycles. The molecular weight excluding hydrogens is 230 g/mol. The molecule has 1 amide bonds. The average Bonchev–Trinajstić information content (AvgIpc) is 2.37. The molecule has 0 aliphatic carbocycles. The first-order valence-corrected chi connectivity index (χ1v) is 6.82. The van der Waals surface area contributed by atoms with Crippen LogP contribution in [0.2, 0.25) is 0 Å². The summed E-state index contributed by atoms with van der Waals surface area (Å²) in [6.07, 6.45) is 0.851. The van der Waals surface area contributed by atoms with E-state index in [4.69, 9.17) is 4.74 Å². The molecule has 2 rings (SSSR count). The third-order valence-corrected chi connectivity index (χ3v) is 4.20. The molecule has 18 heavy (non-hydrogen) atoms. The van der Waals surface area contributed by atoms with Gasteiger partial charge in [-0.2, -0.15) is 0 Å². The summed E-state index contributed by atoms with van der Waals surface area (Å²) < 4.78 is 4.83. The van der Waals surface area contributed by atoms with Crippen molar-refractivity contribution in [3.8, 4) is 0 Å². The number of likely N-dealkylation sites (tertiary alicyclic amines) is 1. The molecule has 2 saturated heterocycles. The minimum absolute atomic E-state index is 0.129. The number of rotatable bonds is 1. The van der Waals surface area contributed by atoms with Crippen LogP contribution in [0, 0.1) is 5.41 Å². The van der Waals surface area contributed by atoms with Gasteiger partial charge in [-0.15, -0.1) is 0 Å². The van der Waals surface area contributed by atoms with Crippen molar-refractivity contribution in [3.05, 3.63) is 0 Å². The van der Waals surface area contributed by atoms with Crippen molar-refractivity contribution >= 4 is 6.09 Å². The minimum Gasteiger partial charge on any atom is -0.453 e. The minimum atomic E-state index is -0.193. The first-order valence-electron chi connectivity index (χ1n) is 6.82. The van der Waals surface area contributed by atoms with Crippen molar-refractivity contribution in [2.24, 2.45) is 5.41 Å². The van der Waals surface area contributed by atoms with Gasteiger partial charge < -0.3 is 15.0 Å². The van der Waals surface area contributed by atoms with Crippen LogP contribution in [0.25, 0.3) is 0 Å². The Kier molecular flexibility index (Phi) is 4.12. The highest BCUT2D eigenvalue weighted by atomic mass is 16.5. The lowest BCUT2D eigenvalue weighted by Gasteiger charge is -2.49. The monoisotopic (exact) mass is 255 g/mol. The zero-order valence-electron chi connectivity index (χ0n) is 11.7. The molecule has 0 aromatic carbocycles. The summed E-state index contributed by atoms with van der Waals surface area (Å²) in [5.41, 5.74) is 0.129. The van der Waals surface area contributed by atoms with Crippen molar-refractivity contribution in [2.75, 3.05) is 46.4 Å². The topological polar surface area (TPSA) is 44.8 Å². The second-order valence-corrected chi connectivity index (χ2v) is 5.97. The van der Waals surface area contributed by atoms with Gasteiger partial charge in [-0.05, 0) is 11.8 Å². The first-order chi connectivity index (χ1) is 8.54. The van der Waals surface area contributed by atoms with Gasteiger partial charge in [0, 0.05) is 45.3 Å². The maximum Gasteiger partial charge on any atom is 0.409 e. The molecule has 0 radical (unpaired) electrons. The number of carbonyl (C=O) groups is 1. The van der Waals surface area contributed by atoms with E-state index in [1.165, 1.54) is 7.11 Å². The van der Waals surface area contributed by atoms with Crippen molar-refractivity contribution in [1.82, 2.24) is 15.1 Å². The van der Waals surface area contributed by atoms with Crippen LogP contribution in [-0.2, 0) is 4.74 Å². The number of amides is 1. The summed E-state index contributed by atoms with van der Waals surface area (Å²) in [4.78, 5) is 16.0. The van der Waals surface area contributed by atoms with E-state index in [0.29, 0.717) is 6.04 Å². The van der Waals surface area contributed by atoms with Crippen LogP contribution in [0.3, 0.4) is 0 Å². The molecule has 2 heterocycles. The highest BCUT2D eigenvalue weighted by molar-refractivity contribution is 5.67. The van der Waals surface area contributed by atoms with Crippen LogP contribution < -0.4 is 5.32 Å². The number of nitrogens with zero attached hydrogens (tertiary/aromatic N) is 2. The van der Waals surface area contributed by atoms with Crippen LogP contribution in [0.1, 0.15) is 20.3 Å². The number of piperidine rings is 1. The second-order valence-electron chi connectivity index (χ2n) is 5.97. The van der Waals surface area contributed by atoms with Gasteiger partial charge in [-0.25, -0.2) is 4.79 Å². The Bertz CT molecular complexity index is 301. The van der Waals surface area contributed by atoms with Crippen LogP contribution in [-0.4, -0.2) is 68.3 Å². The number of nitrogens with one attached hydrogen (secondary N) is 1. The van der Waals surface area contributed by atoms with Crippen molar-refractivity contribution in [2.45, 2.75) is 26.3 Å². The number of methoxy groups -OCH3 is 1. The van der Waals surface area contributed by atoms with E-state index in [0.717, 1.165) is 45.7 Å². The van der Waals surface area contributed by atoms with Gasteiger partial charge >= 0.3 is 6.09 Å². The Balaban J connectivity index is 2.00. The van der Waals surface area contributed by atoms with Gasteiger partial charge in [0.2, 0.25) is 0 Å². The molecule has 0 bridgehead atoms. The van der Waals surface area contributed by atoms with Crippen LogP contribution in [0.15, 0.2) is 0 Å². The number of ether oxygens (including phenoxy) is 1. The molecule has 2 aliphatic rings.